The van der Waals surface area contributed by atoms with Crippen molar-refractivity contribution in [2.75, 3.05) is 0 Å². The molecule has 0 saturated heterocycles. The Kier molecular flexibility index (Phi) is 10.7. The number of phenols is 4. The van der Waals surface area contributed by atoms with E-state index in [4.69, 9.17) is 0 Å². The molecule has 2 rings (SSSR count). The van der Waals surface area contributed by atoms with Gasteiger partial charge in [-0.3, -0.25) is 4.79 Å². The van der Waals surface area contributed by atoms with Gasteiger partial charge in [-0.2, -0.15) is 0 Å². The van der Waals surface area contributed by atoms with E-state index < -0.39 is 17.3 Å². The third-order valence-electron chi connectivity index (χ3n) is 5.94. The molecule has 0 aliphatic heterocycles. The molecule has 0 aliphatic rings. The third kappa shape index (κ3) is 9.36. The minimum absolute atomic E-state index is 0.0737. The normalized spacial score (nSPS) is 12.0. The predicted molar refractivity (Wildman–Crippen MR) is 141 cm³/mol. The van der Waals surface area contributed by atoms with Gasteiger partial charge >= 0.3 is 0 Å². The maximum Gasteiger partial charge on any atom is 0.170 e. The molecular formula is C30H38O5. The van der Waals surface area contributed by atoms with Gasteiger partial charge < -0.3 is 20.4 Å². The van der Waals surface area contributed by atoms with E-state index in [1.54, 1.807) is 12.1 Å². The van der Waals surface area contributed by atoms with E-state index in [-0.39, 0.29) is 23.5 Å². The molecule has 188 valence electrons. The van der Waals surface area contributed by atoms with Gasteiger partial charge in [0.15, 0.2) is 5.78 Å². The van der Waals surface area contributed by atoms with Crippen LogP contribution in [-0.2, 0) is 12.8 Å². The minimum Gasteiger partial charge on any atom is -0.508 e. The van der Waals surface area contributed by atoms with Crippen LogP contribution in [0.3, 0.4) is 0 Å². The van der Waals surface area contributed by atoms with Crippen LogP contribution in [0.2, 0.25) is 0 Å². The lowest BCUT2D eigenvalue weighted by molar-refractivity contribution is 0.0977. The fraction of sp³-hybridized carbons (Fsp3) is 0.367. The maximum atomic E-state index is 12.5. The van der Waals surface area contributed by atoms with E-state index in [1.165, 1.54) is 16.7 Å². The molecule has 2 aromatic rings. The molecule has 0 aliphatic carbocycles. The first kappa shape index (κ1) is 27.8. The number of rotatable bonds is 12. The van der Waals surface area contributed by atoms with Crippen molar-refractivity contribution in [3.8, 4) is 23.0 Å². The second-order valence-corrected chi connectivity index (χ2v) is 9.41. The quantitative estimate of drug-likeness (QED) is 0.190. The Morgan fingerprint density at radius 1 is 0.743 bits per heavy atom. The molecule has 0 atom stereocenters. The molecule has 0 aromatic heterocycles. The van der Waals surface area contributed by atoms with Crippen molar-refractivity contribution < 1.29 is 25.2 Å². The first-order valence-corrected chi connectivity index (χ1v) is 12.1. The number of ketones is 1. The van der Waals surface area contributed by atoms with Gasteiger partial charge in [0.25, 0.3) is 0 Å². The average molecular weight is 479 g/mol. The Balaban J connectivity index is 1.93. The topological polar surface area (TPSA) is 98.0 Å². The van der Waals surface area contributed by atoms with Crippen molar-refractivity contribution in [2.24, 2.45) is 0 Å². The Bertz CT molecular complexity index is 1090. The molecule has 5 nitrogen and oxygen atoms in total. The lowest BCUT2D eigenvalue weighted by Crippen LogP contribution is -2.02. The summed E-state index contributed by atoms with van der Waals surface area (Å²) < 4.78 is 0. The summed E-state index contributed by atoms with van der Waals surface area (Å²) in [4.78, 5) is 12.5. The van der Waals surface area contributed by atoms with E-state index in [0.29, 0.717) is 12.8 Å². The van der Waals surface area contributed by atoms with Crippen LogP contribution in [0, 0.1) is 0 Å². The number of aromatic hydroxyl groups is 4. The fourth-order valence-electron chi connectivity index (χ4n) is 3.85. The number of benzene rings is 2. The van der Waals surface area contributed by atoms with Crippen molar-refractivity contribution in [1.29, 1.82) is 0 Å². The highest BCUT2D eigenvalue weighted by atomic mass is 16.3. The summed E-state index contributed by atoms with van der Waals surface area (Å²) >= 11 is 0. The van der Waals surface area contributed by atoms with E-state index in [9.17, 15) is 25.2 Å². The zero-order chi connectivity index (χ0) is 26.0. The van der Waals surface area contributed by atoms with Crippen LogP contribution in [0.15, 0.2) is 65.3 Å². The molecule has 5 heteroatoms. The van der Waals surface area contributed by atoms with Crippen molar-refractivity contribution in [2.45, 2.75) is 72.6 Å². The molecule has 0 amide bonds. The van der Waals surface area contributed by atoms with Crippen LogP contribution in [0.25, 0.3) is 0 Å². The van der Waals surface area contributed by atoms with Gasteiger partial charge in [0.2, 0.25) is 0 Å². The zero-order valence-electron chi connectivity index (χ0n) is 21.3. The van der Waals surface area contributed by atoms with Crippen LogP contribution in [0.4, 0.5) is 0 Å². The standard InChI is InChI=1S/C30H38O5/c1-20(2)7-5-8-21(3)9-6-10-22(4)11-14-24-17-23(12-15-26(24)32)13-16-27(33)30-28(34)18-25(31)19-29(30)35/h7,9,11-12,15,17-19,31-32,34-35H,5-6,8,10,13-14,16H2,1-4H3. The third-order valence-corrected chi connectivity index (χ3v) is 5.94. The second-order valence-electron chi connectivity index (χ2n) is 9.41. The van der Waals surface area contributed by atoms with Gasteiger partial charge in [0, 0.05) is 18.6 Å². The van der Waals surface area contributed by atoms with E-state index in [0.717, 1.165) is 48.9 Å². The number of phenolic OH excluding ortho intramolecular Hbond substituents is 4. The molecule has 35 heavy (non-hydrogen) atoms. The Labute approximate surface area is 208 Å². The molecule has 0 saturated carbocycles. The number of hydrogen-bond acceptors (Lipinski definition) is 5. The van der Waals surface area contributed by atoms with E-state index in [2.05, 4.69) is 45.9 Å². The lowest BCUT2D eigenvalue weighted by atomic mass is 9.98. The average Bonchev–Trinajstić information content (AvgIpc) is 2.76. The molecule has 0 bridgehead atoms. The summed E-state index contributed by atoms with van der Waals surface area (Å²) in [6.07, 6.45) is 11.9. The smallest absolute Gasteiger partial charge is 0.170 e. The van der Waals surface area contributed by atoms with Crippen LogP contribution < -0.4 is 0 Å². The van der Waals surface area contributed by atoms with Crippen LogP contribution in [0.1, 0.15) is 81.3 Å². The molecule has 0 fully saturated rings. The van der Waals surface area contributed by atoms with Gasteiger partial charge in [0.05, 0.1) is 0 Å². The van der Waals surface area contributed by atoms with Gasteiger partial charge in [-0.05, 0) is 83.4 Å². The fourth-order valence-corrected chi connectivity index (χ4v) is 3.85. The largest absolute Gasteiger partial charge is 0.508 e. The Morgan fingerprint density at radius 2 is 1.34 bits per heavy atom. The summed E-state index contributed by atoms with van der Waals surface area (Å²) in [5.41, 5.74) is 5.50. The first-order valence-electron chi connectivity index (χ1n) is 12.1. The monoisotopic (exact) mass is 478 g/mol. The molecule has 0 unspecified atom stereocenters. The van der Waals surface area contributed by atoms with Gasteiger partial charge in [0.1, 0.15) is 28.6 Å². The molecule has 2 aromatic carbocycles. The van der Waals surface area contributed by atoms with Gasteiger partial charge in [-0.15, -0.1) is 0 Å². The van der Waals surface area contributed by atoms with Crippen molar-refractivity contribution in [1.82, 2.24) is 0 Å². The molecule has 4 N–H and O–H groups in total. The van der Waals surface area contributed by atoms with E-state index in [1.807, 2.05) is 6.07 Å². The zero-order valence-corrected chi connectivity index (χ0v) is 21.3. The minimum atomic E-state index is -0.447. The number of hydrogen-bond donors (Lipinski definition) is 4. The summed E-state index contributed by atoms with van der Waals surface area (Å²) in [5.74, 6) is -1.41. The highest BCUT2D eigenvalue weighted by Crippen LogP contribution is 2.33. The van der Waals surface area contributed by atoms with Gasteiger partial charge in [-0.25, -0.2) is 0 Å². The maximum absolute atomic E-state index is 12.5. The van der Waals surface area contributed by atoms with E-state index >= 15 is 0 Å². The Hall–Kier alpha value is -3.47. The van der Waals surface area contributed by atoms with Crippen molar-refractivity contribution in [3.63, 3.8) is 0 Å². The molecule has 0 radical (unpaired) electrons. The highest BCUT2D eigenvalue weighted by molar-refractivity contribution is 6.01. The van der Waals surface area contributed by atoms with Crippen molar-refractivity contribution in [3.05, 3.63) is 82.0 Å². The van der Waals surface area contributed by atoms with Crippen molar-refractivity contribution >= 4 is 5.78 Å². The predicted octanol–water partition coefficient (Wildman–Crippen LogP) is 7.29. The highest BCUT2D eigenvalue weighted by Gasteiger charge is 2.17. The number of Topliss-reactive ketones (excluding diaryl/α,β-unsaturated/α-hetero) is 1. The lowest BCUT2D eigenvalue weighted by Gasteiger charge is -2.09. The van der Waals surface area contributed by atoms with Gasteiger partial charge in [-0.1, -0.05) is 47.1 Å². The summed E-state index contributed by atoms with van der Waals surface area (Å²) in [6, 6.07) is 7.34. The molecular weight excluding hydrogens is 440 g/mol. The summed E-state index contributed by atoms with van der Waals surface area (Å²) in [6.45, 7) is 8.52. The molecule has 0 spiro atoms. The Morgan fingerprint density at radius 3 is 1.97 bits per heavy atom. The van der Waals surface area contributed by atoms with Crippen LogP contribution in [0.5, 0.6) is 23.0 Å². The second kappa shape index (κ2) is 13.4. The summed E-state index contributed by atoms with van der Waals surface area (Å²) in [5, 5.41) is 39.5. The van der Waals surface area contributed by atoms with Crippen LogP contribution in [-0.4, -0.2) is 26.2 Å². The first-order chi connectivity index (χ1) is 16.6. The van der Waals surface area contributed by atoms with Crippen LogP contribution >= 0.6 is 0 Å². The number of carbonyl (C=O) groups excluding carboxylic acids is 1. The molecule has 0 heterocycles. The number of aryl methyl sites for hydroxylation is 1. The SMILES string of the molecule is CC(C)=CCCC(C)=CCCC(C)=CCc1cc(CCC(=O)c2c(O)cc(O)cc2O)ccc1O. The summed E-state index contributed by atoms with van der Waals surface area (Å²) in [7, 11) is 0. The number of carbonyl (C=O) groups is 1. The number of allylic oxidation sites excluding steroid dienone is 6.